The summed E-state index contributed by atoms with van der Waals surface area (Å²) in [5, 5.41) is 0. The van der Waals surface area contributed by atoms with E-state index in [9.17, 15) is 0 Å². The number of ether oxygens (including phenoxy) is 1. The first-order valence-corrected chi connectivity index (χ1v) is 6.49. The van der Waals surface area contributed by atoms with Crippen molar-refractivity contribution in [2.24, 2.45) is 0 Å². The van der Waals surface area contributed by atoms with Crippen LogP contribution in [0, 0.1) is 0 Å². The highest BCUT2D eigenvalue weighted by Gasteiger charge is 2.02. The Bertz CT molecular complexity index is 227. The standard InChI is InChI=1S/C8H9O.ClH.Mg/c1-2-9-8-6-4-3-5-7-8;;/h3-6H,2H2,1H3;1H;/q;;+1/p-1. The maximum atomic E-state index is 5.83. The minimum Gasteiger partial charge on any atom is -0.496 e. The molecule has 1 rings (SSSR count). The average molecular weight is 181 g/mol. The van der Waals surface area contributed by atoms with E-state index in [-0.39, 0.29) is 0 Å². The number of para-hydroxylation sites is 1. The van der Waals surface area contributed by atoms with Gasteiger partial charge in [0.2, 0.25) is 0 Å². The molecular weight excluding hydrogens is 172 g/mol. The summed E-state index contributed by atoms with van der Waals surface area (Å²) >= 11 is -0.611. The first-order chi connectivity index (χ1) is 5.38. The molecule has 3 heteroatoms. The molecular formula is C8H9ClMgO. The Morgan fingerprint density at radius 1 is 1.45 bits per heavy atom. The zero-order valence-corrected chi connectivity index (χ0v) is 8.68. The number of benzene rings is 1. The van der Waals surface area contributed by atoms with E-state index in [0.29, 0.717) is 6.61 Å². The zero-order valence-electron chi connectivity index (χ0n) is 6.51. The molecule has 0 heterocycles. The van der Waals surface area contributed by atoms with E-state index in [1.165, 1.54) is 3.69 Å². The molecule has 0 unspecified atom stereocenters. The lowest BCUT2D eigenvalue weighted by Gasteiger charge is -2.06. The molecule has 0 aliphatic heterocycles. The van der Waals surface area contributed by atoms with Gasteiger partial charge in [-0.05, 0) is 13.0 Å². The second kappa shape index (κ2) is 4.85. The molecule has 56 valence electrons. The Balaban J connectivity index is 2.83. The second-order valence-corrected chi connectivity index (χ2v) is 4.01. The van der Waals surface area contributed by atoms with Crippen molar-refractivity contribution in [2.45, 2.75) is 6.92 Å². The van der Waals surface area contributed by atoms with Crippen LogP contribution in [0.25, 0.3) is 0 Å². The fourth-order valence-electron chi connectivity index (χ4n) is 0.911. The molecule has 0 aliphatic carbocycles. The Morgan fingerprint density at radius 3 is 2.82 bits per heavy atom. The molecule has 0 N–H and O–H groups in total. The van der Waals surface area contributed by atoms with Crippen LogP contribution >= 0.6 is 9.07 Å². The van der Waals surface area contributed by atoms with Gasteiger partial charge in [-0.2, -0.15) is 0 Å². The maximum absolute atomic E-state index is 5.83. The van der Waals surface area contributed by atoms with Crippen molar-refractivity contribution >= 4 is 32.0 Å². The predicted octanol–water partition coefficient (Wildman–Crippen LogP) is 1.57. The molecule has 0 bridgehead atoms. The molecule has 11 heavy (non-hydrogen) atoms. The first-order valence-electron chi connectivity index (χ1n) is 3.65. The SMILES string of the molecule is CCOc1cccc[c]1[Mg][Cl]. The minimum atomic E-state index is -0.611. The molecule has 0 aromatic heterocycles. The molecule has 1 aromatic carbocycles. The molecule has 0 atom stereocenters. The molecule has 0 amide bonds. The highest BCUT2D eigenvalue weighted by Crippen LogP contribution is 2.05. The molecule has 0 radical (unpaired) electrons. The van der Waals surface area contributed by atoms with Crippen molar-refractivity contribution in [3.05, 3.63) is 24.3 Å². The van der Waals surface area contributed by atoms with Gasteiger partial charge in [-0.1, -0.05) is 18.2 Å². The van der Waals surface area contributed by atoms with E-state index in [1.807, 2.05) is 31.2 Å². The zero-order chi connectivity index (χ0) is 8.10. The van der Waals surface area contributed by atoms with Crippen LogP contribution < -0.4 is 8.43 Å². The van der Waals surface area contributed by atoms with Crippen molar-refractivity contribution in [1.29, 1.82) is 0 Å². The monoisotopic (exact) mass is 180 g/mol. The van der Waals surface area contributed by atoms with E-state index in [2.05, 4.69) is 0 Å². The summed E-state index contributed by atoms with van der Waals surface area (Å²) in [7, 11) is 5.83. The van der Waals surface area contributed by atoms with Gasteiger partial charge in [0.15, 0.2) is 0 Å². The fraction of sp³-hybridized carbons (Fsp3) is 0.250. The van der Waals surface area contributed by atoms with Crippen LogP contribution in [0.3, 0.4) is 0 Å². The van der Waals surface area contributed by atoms with E-state index < -0.39 is 19.3 Å². The summed E-state index contributed by atoms with van der Waals surface area (Å²) in [5.41, 5.74) is 0. The number of hydrogen-bond donors (Lipinski definition) is 0. The molecule has 1 nitrogen and oxygen atoms in total. The lowest BCUT2D eigenvalue weighted by molar-refractivity contribution is 0.343. The van der Waals surface area contributed by atoms with Gasteiger partial charge in [0, 0.05) is 0 Å². The fourth-order valence-corrected chi connectivity index (χ4v) is 2.15. The third kappa shape index (κ3) is 2.54. The summed E-state index contributed by atoms with van der Waals surface area (Å²) in [6.07, 6.45) is 0. The lowest BCUT2D eigenvalue weighted by Crippen LogP contribution is -2.12. The normalized spacial score (nSPS) is 8.91. The topological polar surface area (TPSA) is 9.23 Å². The largest absolute Gasteiger partial charge is 0.543 e. The maximum Gasteiger partial charge on any atom is 0.543 e. The van der Waals surface area contributed by atoms with Gasteiger partial charge < -0.3 is 13.8 Å². The van der Waals surface area contributed by atoms with E-state index in [0.717, 1.165) is 5.75 Å². The smallest absolute Gasteiger partial charge is 0.496 e. The van der Waals surface area contributed by atoms with Gasteiger partial charge in [0.05, 0.1) is 12.4 Å². The number of rotatable bonds is 3. The highest BCUT2D eigenvalue weighted by atomic mass is 35.5. The van der Waals surface area contributed by atoms with E-state index in [1.54, 1.807) is 0 Å². The van der Waals surface area contributed by atoms with Gasteiger partial charge in [-0.25, -0.2) is 0 Å². The Labute approximate surface area is 80.2 Å². The third-order valence-corrected chi connectivity index (χ3v) is 3.15. The van der Waals surface area contributed by atoms with Crippen LogP contribution in [0.4, 0.5) is 0 Å². The Morgan fingerprint density at radius 2 is 2.18 bits per heavy atom. The van der Waals surface area contributed by atoms with Gasteiger partial charge in [-0.3, -0.25) is 0 Å². The van der Waals surface area contributed by atoms with Crippen molar-refractivity contribution in [3.63, 3.8) is 0 Å². The van der Waals surface area contributed by atoms with Gasteiger partial charge in [-0.15, -0.1) is 3.69 Å². The number of halogens is 1. The van der Waals surface area contributed by atoms with Crippen molar-refractivity contribution in [3.8, 4) is 5.75 Å². The van der Waals surface area contributed by atoms with Crippen molar-refractivity contribution < 1.29 is 4.74 Å². The molecule has 0 saturated carbocycles. The van der Waals surface area contributed by atoms with Crippen LogP contribution in [-0.2, 0) is 0 Å². The molecule has 0 aliphatic rings. The summed E-state index contributed by atoms with van der Waals surface area (Å²) in [6.45, 7) is 2.69. The van der Waals surface area contributed by atoms with Crippen LogP contribution in [0.1, 0.15) is 6.92 Å². The van der Waals surface area contributed by atoms with Gasteiger partial charge in [0.25, 0.3) is 0 Å². The van der Waals surface area contributed by atoms with Gasteiger partial charge in [0.1, 0.15) is 0 Å². The molecule has 1 aromatic rings. The van der Waals surface area contributed by atoms with Crippen LogP contribution in [0.2, 0.25) is 0 Å². The van der Waals surface area contributed by atoms with Crippen molar-refractivity contribution in [2.75, 3.05) is 6.61 Å². The van der Waals surface area contributed by atoms with Crippen LogP contribution in [0.5, 0.6) is 5.75 Å². The van der Waals surface area contributed by atoms with Crippen LogP contribution in [-0.4, -0.2) is 25.9 Å². The van der Waals surface area contributed by atoms with Crippen molar-refractivity contribution in [1.82, 2.24) is 0 Å². The quantitative estimate of drug-likeness (QED) is 0.643. The Kier molecular flexibility index (Phi) is 4.05. The minimum absolute atomic E-state index is 0.611. The lowest BCUT2D eigenvalue weighted by atomic mass is 10.3. The summed E-state index contributed by atoms with van der Waals surface area (Å²) in [5.74, 6) is 0.955. The highest BCUT2D eigenvalue weighted by molar-refractivity contribution is 7.01. The molecule has 0 fully saturated rings. The average Bonchev–Trinajstić information content (AvgIpc) is 2.06. The Hall–Kier alpha value is 0.0762. The molecule has 0 spiro atoms. The van der Waals surface area contributed by atoms with E-state index >= 15 is 0 Å². The molecule has 0 saturated heterocycles. The summed E-state index contributed by atoms with van der Waals surface area (Å²) in [6, 6.07) is 7.96. The van der Waals surface area contributed by atoms with Crippen LogP contribution in [0.15, 0.2) is 24.3 Å². The predicted molar refractivity (Wildman–Crippen MR) is 48.9 cm³/mol. The third-order valence-electron chi connectivity index (χ3n) is 1.42. The first kappa shape index (κ1) is 9.17. The second-order valence-electron chi connectivity index (χ2n) is 2.17. The summed E-state index contributed by atoms with van der Waals surface area (Å²) in [4.78, 5) is 0. The number of hydrogen-bond acceptors (Lipinski definition) is 1. The summed E-state index contributed by atoms with van der Waals surface area (Å²) < 4.78 is 6.57. The van der Waals surface area contributed by atoms with E-state index in [4.69, 9.17) is 13.8 Å². The van der Waals surface area contributed by atoms with Gasteiger partial charge >= 0.3 is 19.3 Å².